The zero-order chi connectivity index (χ0) is 13.0. The molecule has 0 aromatic carbocycles. The van der Waals surface area contributed by atoms with Gasteiger partial charge in [0.25, 0.3) is 5.91 Å². The van der Waals surface area contributed by atoms with Crippen molar-refractivity contribution in [1.82, 2.24) is 10.3 Å². The quantitative estimate of drug-likeness (QED) is 0.439. The maximum atomic E-state index is 11.4. The molecule has 2 fully saturated rings. The van der Waals surface area contributed by atoms with Gasteiger partial charge in [0.1, 0.15) is 6.10 Å². The fraction of sp³-hybridized carbons (Fsp3) is 0.923. The summed E-state index contributed by atoms with van der Waals surface area (Å²) in [4.78, 5) is 13.9. The van der Waals surface area contributed by atoms with E-state index < -0.39 is 0 Å². The van der Waals surface area contributed by atoms with Gasteiger partial charge in [0.2, 0.25) is 0 Å². The topological polar surface area (TPSA) is 67.6 Å². The van der Waals surface area contributed by atoms with Crippen LogP contribution in [0.1, 0.15) is 39.0 Å². The molecule has 0 saturated carbocycles. The molecule has 0 aromatic heterocycles. The molecule has 0 aliphatic carbocycles. The standard InChI is InChI=1S/C13H25N3O2/c1-2-10-4-3-7-16(8-10)9-11-5-6-12(18-11)13(17)15-14/h10-12H,2-9,14H2,1H3,(H,15,17). The molecule has 0 spiro atoms. The van der Waals surface area contributed by atoms with Crippen molar-refractivity contribution in [1.29, 1.82) is 0 Å². The van der Waals surface area contributed by atoms with Crippen molar-refractivity contribution in [3.8, 4) is 0 Å². The molecule has 2 rings (SSSR count). The van der Waals surface area contributed by atoms with Crippen LogP contribution in [0.15, 0.2) is 0 Å². The fourth-order valence-corrected chi connectivity index (χ4v) is 3.06. The summed E-state index contributed by atoms with van der Waals surface area (Å²) in [6.07, 6.45) is 5.52. The smallest absolute Gasteiger partial charge is 0.263 e. The molecule has 3 N–H and O–H groups in total. The third-order valence-corrected chi connectivity index (χ3v) is 4.18. The summed E-state index contributed by atoms with van der Waals surface area (Å²) < 4.78 is 5.75. The molecule has 3 atom stereocenters. The number of likely N-dealkylation sites (tertiary alicyclic amines) is 1. The Hall–Kier alpha value is -0.650. The van der Waals surface area contributed by atoms with Gasteiger partial charge in [0.15, 0.2) is 0 Å². The molecule has 2 aliphatic heterocycles. The summed E-state index contributed by atoms with van der Waals surface area (Å²) in [7, 11) is 0. The average Bonchev–Trinajstić information content (AvgIpc) is 2.86. The lowest BCUT2D eigenvalue weighted by atomic mass is 9.95. The number of rotatable bonds is 4. The van der Waals surface area contributed by atoms with Gasteiger partial charge < -0.3 is 9.64 Å². The maximum Gasteiger partial charge on any atom is 0.263 e. The molecular weight excluding hydrogens is 230 g/mol. The second-order valence-corrected chi connectivity index (χ2v) is 5.51. The largest absolute Gasteiger partial charge is 0.364 e. The number of carbonyl (C=O) groups excluding carboxylic acids is 1. The Morgan fingerprint density at radius 3 is 3.00 bits per heavy atom. The lowest BCUT2D eigenvalue weighted by molar-refractivity contribution is -0.132. The maximum absolute atomic E-state index is 11.4. The van der Waals surface area contributed by atoms with Crippen LogP contribution >= 0.6 is 0 Å². The van der Waals surface area contributed by atoms with Crippen molar-refractivity contribution in [2.75, 3.05) is 19.6 Å². The summed E-state index contributed by atoms with van der Waals surface area (Å²) in [6, 6.07) is 0. The lowest BCUT2D eigenvalue weighted by Gasteiger charge is -2.33. The number of nitrogens with one attached hydrogen (secondary N) is 1. The molecule has 3 unspecified atom stereocenters. The van der Waals surface area contributed by atoms with E-state index in [1.54, 1.807) is 0 Å². The van der Waals surface area contributed by atoms with E-state index in [-0.39, 0.29) is 18.1 Å². The van der Waals surface area contributed by atoms with E-state index in [0.717, 1.165) is 25.3 Å². The van der Waals surface area contributed by atoms with Crippen LogP contribution in [0, 0.1) is 5.92 Å². The zero-order valence-electron chi connectivity index (χ0n) is 11.2. The highest BCUT2D eigenvalue weighted by molar-refractivity contribution is 5.80. The van der Waals surface area contributed by atoms with Crippen LogP contribution in [0.3, 0.4) is 0 Å². The Morgan fingerprint density at radius 2 is 2.28 bits per heavy atom. The van der Waals surface area contributed by atoms with Crippen LogP contribution in [0.5, 0.6) is 0 Å². The van der Waals surface area contributed by atoms with E-state index in [1.165, 1.54) is 32.4 Å². The van der Waals surface area contributed by atoms with Gasteiger partial charge in [0, 0.05) is 13.1 Å². The Bertz CT molecular complexity index is 285. The van der Waals surface area contributed by atoms with Crippen molar-refractivity contribution in [3.05, 3.63) is 0 Å². The van der Waals surface area contributed by atoms with Crippen molar-refractivity contribution in [2.45, 2.75) is 51.2 Å². The molecule has 5 nitrogen and oxygen atoms in total. The number of nitrogens with two attached hydrogens (primary N) is 1. The number of hydrogen-bond acceptors (Lipinski definition) is 4. The summed E-state index contributed by atoms with van der Waals surface area (Å²) in [5, 5.41) is 0. The van der Waals surface area contributed by atoms with Crippen molar-refractivity contribution >= 4 is 5.91 Å². The van der Waals surface area contributed by atoms with Gasteiger partial charge in [-0.3, -0.25) is 10.2 Å². The summed E-state index contributed by atoms with van der Waals surface area (Å²) >= 11 is 0. The van der Waals surface area contributed by atoms with Gasteiger partial charge in [-0.2, -0.15) is 0 Å². The summed E-state index contributed by atoms with van der Waals surface area (Å²) in [5.41, 5.74) is 2.17. The number of ether oxygens (including phenoxy) is 1. The van der Waals surface area contributed by atoms with Gasteiger partial charge in [-0.05, 0) is 38.1 Å². The van der Waals surface area contributed by atoms with Crippen molar-refractivity contribution in [3.63, 3.8) is 0 Å². The van der Waals surface area contributed by atoms with E-state index in [9.17, 15) is 4.79 Å². The molecule has 2 aliphatic rings. The first-order valence-corrected chi connectivity index (χ1v) is 7.11. The normalized spacial score (nSPS) is 33.6. The van der Waals surface area contributed by atoms with Crippen molar-refractivity contribution in [2.24, 2.45) is 11.8 Å². The van der Waals surface area contributed by atoms with Gasteiger partial charge >= 0.3 is 0 Å². The first-order chi connectivity index (χ1) is 8.72. The van der Waals surface area contributed by atoms with Crippen LogP contribution in [0.2, 0.25) is 0 Å². The Morgan fingerprint density at radius 1 is 1.44 bits per heavy atom. The van der Waals surface area contributed by atoms with E-state index in [2.05, 4.69) is 17.2 Å². The first-order valence-electron chi connectivity index (χ1n) is 7.11. The van der Waals surface area contributed by atoms with Crippen LogP contribution in [0.25, 0.3) is 0 Å². The predicted octanol–water partition coefficient (Wildman–Crippen LogP) is 0.646. The minimum atomic E-state index is -0.341. The van der Waals surface area contributed by atoms with Crippen LogP contribution in [-0.4, -0.2) is 42.6 Å². The molecule has 5 heteroatoms. The minimum absolute atomic E-state index is 0.192. The van der Waals surface area contributed by atoms with Gasteiger partial charge in [-0.25, -0.2) is 5.84 Å². The molecule has 18 heavy (non-hydrogen) atoms. The highest BCUT2D eigenvalue weighted by atomic mass is 16.5. The predicted molar refractivity (Wildman–Crippen MR) is 69.7 cm³/mol. The third kappa shape index (κ3) is 3.43. The highest BCUT2D eigenvalue weighted by Crippen LogP contribution is 2.24. The monoisotopic (exact) mass is 255 g/mol. The highest BCUT2D eigenvalue weighted by Gasteiger charge is 2.32. The van der Waals surface area contributed by atoms with Gasteiger partial charge in [-0.1, -0.05) is 13.3 Å². The zero-order valence-corrected chi connectivity index (χ0v) is 11.2. The van der Waals surface area contributed by atoms with Gasteiger partial charge in [0.05, 0.1) is 6.10 Å². The number of amides is 1. The number of piperidine rings is 1. The Labute approximate surface area is 109 Å². The Balaban J connectivity index is 1.75. The van der Waals surface area contributed by atoms with E-state index in [0.29, 0.717) is 0 Å². The molecule has 0 aromatic rings. The molecule has 104 valence electrons. The average molecular weight is 255 g/mol. The number of nitrogens with zero attached hydrogens (tertiary/aromatic N) is 1. The van der Waals surface area contributed by atoms with Crippen LogP contribution in [-0.2, 0) is 9.53 Å². The van der Waals surface area contributed by atoms with E-state index in [1.807, 2.05) is 0 Å². The molecular formula is C13H25N3O2. The van der Waals surface area contributed by atoms with Gasteiger partial charge in [-0.15, -0.1) is 0 Å². The second-order valence-electron chi connectivity index (χ2n) is 5.51. The fourth-order valence-electron chi connectivity index (χ4n) is 3.06. The SMILES string of the molecule is CCC1CCCN(CC2CCC(C(=O)NN)O2)C1. The van der Waals surface area contributed by atoms with Crippen molar-refractivity contribution < 1.29 is 9.53 Å². The van der Waals surface area contributed by atoms with E-state index in [4.69, 9.17) is 10.6 Å². The number of carbonyl (C=O) groups is 1. The second kappa shape index (κ2) is 6.50. The van der Waals surface area contributed by atoms with Crippen LogP contribution in [0.4, 0.5) is 0 Å². The molecule has 0 bridgehead atoms. The number of hydrogen-bond donors (Lipinski definition) is 2. The number of hydrazine groups is 1. The molecule has 2 saturated heterocycles. The lowest BCUT2D eigenvalue weighted by Crippen LogP contribution is -2.42. The minimum Gasteiger partial charge on any atom is -0.364 e. The molecule has 2 heterocycles. The first kappa shape index (κ1) is 13.8. The summed E-state index contributed by atoms with van der Waals surface area (Å²) in [5.74, 6) is 5.77. The molecule has 0 radical (unpaired) electrons. The molecule has 1 amide bonds. The van der Waals surface area contributed by atoms with Crippen LogP contribution < -0.4 is 11.3 Å². The Kier molecular flexibility index (Phi) is 4.97. The van der Waals surface area contributed by atoms with E-state index >= 15 is 0 Å². The summed E-state index contributed by atoms with van der Waals surface area (Å²) in [6.45, 7) is 5.58. The third-order valence-electron chi connectivity index (χ3n) is 4.18.